The second kappa shape index (κ2) is 9.82. The molecule has 10 heteroatoms. The molecule has 1 amide bonds. The number of benzene rings is 3. The lowest BCUT2D eigenvalue weighted by Gasteiger charge is -2.17. The van der Waals surface area contributed by atoms with Crippen LogP contribution in [0.2, 0.25) is 5.02 Å². The molecule has 1 unspecified atom stereocenters. The summed E-state index contributed by atoms with van der Waals surface area (Å²) in [5, 5.41) is 2.39. The van der Waals surface area contributed by atoms with E-state index in [1.807, 2.05) is 0 Å². The summed E-state index contributed by atoms with van der Waals surface area (Å²) in [6, 6.07) is 14.0. The van der Waals surface area contributed by atoms with E-state index < -0.39 is 29.6 Å². The summed E-state index contributed by atoms with van der Waals surface area (Å²) in [4.78, 5) is 38.3. The molecule has 1 atom stereocenters. The SMILES string of the molecule is COC(=O)C(Cc1ccc(-n2c(=O)n(C3CC3)c3cccc(F)c32)cc1)NC(=O)c1c(F)cccc1Cl. The number of hydrogen-bond acceptors (Lipinski definition) is 4. The van der Waals surface area contributed by atoms with Crippen molar-refractivity contribution in [1.29, 1.82) is 0 Å². The van der Waals surface area contributed by atoms with E-state index in [0.29, 0.717) is 16.8 Å². The maximum absolute atomic E-state index is 14.8. The van der Waals surface area contributed by atoms with Gasteiger partial charge >= 0.3 is 11.7 Å². The zero-order chi connectivity index (χ0) is 26.3. The second-order valence-electron chi connectivity index (χ2n) is 8.84. The highest BCUT2D eigenvalue weighted by Gasteiger charge is 2.30. The van der Waals surface area contributed by atoms with Crippen molar-refractivity contribution in [2.45, 2.75) is 31.3 Å². The normalized spacial score (nSPS) is 13.9. The monoisotopic (exact) mass is 525 g/mol. The quantitative estimate of drug-likeness (QED) is 0.358. The molecule has 0 aliphatic heterocycles. The fourth-order valence-corrected chi connectivity index (χ4v) is 4.70. The number of para-hydroxylation sites is 1. The van der Waals surface area contributed by atoms with E-state index in [1.165, 1.54) is 29.9 Å². The molecule has 1 N–H and O–H groups in total. The van der Waals surface area contributed by atoms with Gasteiger partial charge < -0.3 is 10.1 Å². The van der Waals surface area contributed by atoms with Gasteiger partial charge in [0.2, 0.25) is 0 Å². The van der Waals surface area contributed by atoms with Gasteiger partial charge in [0.1, 0.15) is 23.2 Å². The lowest BCUT2D eigenvalue weighted by atomic mass is 10.0. The first-order chi connectivity index (χ1) is 17.8. The van der Waals surface area contributed by atoms with Crippen LogP contribution >= 0.6 is 11.6 Å². The Morgan fingerprint density at radius 1 is 1.05 bits per heavy atom. The third kappa shape index (κ3) is 4.62. The first-order valence-electron chi connectivity index (χ1n) is 11.6. The van der Waals surface area contributed by atoms with Crippen LogP contribution in [0.25, 0.3) is 16.7 Å². The maximum atomic E-state index is 14.8. The minimum absolute atomic E-state index is 0.0257. The number of ether oxygens (including phenoxy) is 1. The summed E-state index contributed by atoms with van der Waals surface area (Å²) >= 11 is 5.97. The van der Waals surface area contributed by atoms with Gasteiger partial charge in [-0.1, -0.05) is 35.9 Å². The van der Waals surface area contributed by atoms with E-state index in [1.54, 1.807) is 41.0 Å². The van der Waals surface area contributed by atoms with Crippen LogP contribution in [0.15, 0.2) is 65.5 Å². The van der Waals surface area contributed by atoms with Crippen molar-refractivity contribution in [3.63, 3.8) is 0 Å². The third-order valence-electron chi connectivity index (χ3n) is 6.37. The highest BCUT2D eigenvalue weighted by atomic mass is 35.5. The van der Waals surface area contributed by atoms with E-state index in [2.05, 4.69) is 5.32 Å². The van der Waals surface area contributed by atoms with Gasteiger partial charge in [-0.15, -0.1) is 0 Å². The first kappa shape index (κ1) is 24.7. The summed E-state index contributed by atoms with van der Waals surface area (Å²) in [5.74, 6) is -2.90. The van der Waals surface area contributed by atoms with Gasteiger partial charge in [-0.3, -0.25) is 13.9 Å². The van der Waals surface area contributed by atoms with Crippen LogP contribution in [0.1, 0.15) is 34.8 Å². The average molecular weight is 526 g/mol. The summed E-state index contributed by atoms with van der Waals surface area (Å²) in [5.41, 5.74) is 1.13. The zero-order valence-electron chi connectivity index (χ0n) is 19.7. The first-order valence-corrected chi connectivity index (χ1v) is 12.0. The lowest BCUT2D eigenvalue weighted by molar-refractivity contribution is -0.142. The Morgan fingerprint density at radius 2 is 1.73 bits per heavy atom. The molecule has 1 saturated carbocycles. The number of carbonyl (C=O) groups excluding carboxylic acids is 2. The molecule has 0 saturated heterocycles. The van der Waals surface area contributed by atoms with Crippen molar-refractivity contribution < 1.29 is 23.1 Å². The molecule has 0 bridgehead atoms. The molecule has 1 aromatic heterocycles. The molecule has 1 aliphatic carbocycles. The average Bonchev–Trinajstić information content (AvgIpc) is 3.66. The second-order valence-corrected chi connectivity index (χ2v) is 9.25. The summed E-state index contributed by atoms with van der Waals surface area (Å²) in [6.07, 6.45) is 1.76. The number of nitrogens with zero attached hydrogens (tertiary/aromatic N) is 2. The van der Waals surface area contributed by atoms with Crippen LogP contribution in [0.3, 0.4) is 0 Å². The van der Waals surface area contributed by atoms with Crippen molar-refractivity contribution in [2.75, 3.05) is 7.11 Å². The number of methoxy groups -OCH3 is 1. The zero-order valence-corrected chi connectivity index (χ0v) is 20.5. The van der Waals surface area contributed by atoms with Crippen molar-refractivity contribution in [3.8, 4) is 5.69 Å². The number of rotatable bonds is 7. The number of halogens is 3. The Morgan fingerprint density at radius 3 is 2.38 bits per heavy atom. The molecule has 1 heterocycles. The molecule has 3 aromatic carbocycles. The minimum atomic E-state index is -1.13. The topological polar surface area (TPSA) is 82.3 Å². The van der Waals surface area contributed by atoms with E-state index in [0.717, 1.165) is 18.9 Å². The number of imidazole rings is 1. The van der Waals surface area contributed by atoms with Gasteiger partial charge in [-0.05, 0) is 54.8 Å². The predicted molar refractivity (Wildman–Crippen MR) is 134 cm³/mol. The molecule has 5 rings (SSSR count). The van der Waals surface area contributed by atoms with Gasteiger partial charge in [-0.25, -0.2) is 18.4 Å². The number of hydrogen-bond donors (Lipinski definition) is 1. The summed E-state index contributed by atoms with van der Waals surface area (Å²) in [7, 11) is 1.18. The standard InChI is InChI=1S/C27H22ClF2N3O4/c1-37-26(35)21(31-25(34)23-18(28)4-2-5-19(23)29)14-15-8-10-17(11-9-15)33-24-20(30)6-3-7-22(24)32(27(33)36)16-12-13-16/h2-11,16,21H,12-14H2,1H3,(H,31,34). The number of fused-ring (bicyclic) bond motifs is 1. The highest BCUT2D eigenvalue weighted by molar-refractivity contribution is 6.33. The number of carbonyl (C=O) groups is 2. The number of amides is 1. The molecule has 1 aliphatic rings. The van der Waals surface area contributed by atoms with Crippen LogP contribution < -0.4 is 11.0 Å². The van der Waals surface area contributed by atoms with Gasteiger partial charge in [0.05, 0.1) is 28.9 Å². The molecule has 0 radical (unpaired) electrons. The number of aromatic nitrogens is 2. The van der Waals surface area contributed by atoms with Crippen molar-refractivity contribution >= 4 is 34.5 Å². The molecule has 7 nitrogen and oxygen atoms in total. The Bertz CT molecular complexity index is 1560. The van der Waals surface area contributed by atoms with Crippen LogP contribution in [-0.4, -0.2) is 34.2 Å². The Balaban J connectivity index is 1.44. The smallest absolute Gasteiger partial charge is 0.334 e. The largest absolute Gasteiger partial charge is 0.467 e. The lowest BCUT2D eigenvalue weighted by Crippen LogP contribution is -2.43. The van der Waals surface area contributed by atoms with E-state index in [9.17, 15) is 23.2 Å². The van der Waals surface area contributed by atoms with Crippen LogP contribution in [-0.2, 0) is 16.0 Å². The van der Waals surface area contributed by atoms with E-state index >= 15 is 0 Å². The van der Waals surface area contributed by atoms with Crippen molar-refractivity contribution in [3.05, 3.63) is 98.9 Å². The number of esters is 1. The molecule has 0 spiro atoms. The molecule has 4 aromatic rings. The fourth-order valence-electron chi connectivity index (χ4n) is 4.45. The molecule has 1 fully saturated rings. The fraction of sp³-hybridized carbons (Fsp3) is 0.222. The Hall–Kier alpha value is -3.98. The van der Waals surface area contributed by atoms with Gasteiger partial charge in [0.25, 0.3) is 5.91 Å². The summed E-state index contributed by atoms with van der Waals surface area (Å²) in [6.45, 7) is 0. The minimum Gasteiger partial charge on any atom is -0.467 e. The maximum Gasteiger partial charge on any atom is 0.334 e. The van der Waals surface area contributed by atoms with E-state index in [-0.39, 0.29) is 34.3 Å². The highest BCUT2D eigenvalue weighted by Crippen LogP contribution is 2.37. The Labute approximate surface area is 215 Å². The van der Waals surface area contributed by atoms with Crippen LogP contribution in [0.4, 0.5) is 8.78 Å². The molecule has 190 valence electrons. The molecular formula is C27H22ClF2N3O4. The van der Waals surface area contributed by atoms with Crippen LogP contribution in [0.5, 0.6) is 0 Å². The molecular weight excluding hydrogens is 504 g/mol. The third-order valence-corrected chi connectivity index (χ3v) is 6.69. The van der Waals surface area contributed by atoms with Crippen molar-refractivity contribution in [1.82, 2.24) is 14.5 Å². The summed E-state index contributed by atoms with van der Waals surface area (Å²) < 4.78 is 36.8. The molecule has 37 heavy (non-hydrogen) atoms. The van der Waals surface area contributed by atoms with Crippen LogP contribution in [0, 0.1) is 11.6 Å². The predicted octanol–water partition coefficient (Wildman–Crippen LogP) is 4.57. The van der Waals surface area contributed by atoms with Gasteiger partial charge in [0, 0.05) is 12.5 Å². The van der Waals surface area contributed by atoms with Gasteiger partial charge in [-0.2, -0.15) is 0 Å². The van der Waals surface area contributed by atoms with Crippen molar-refractivity contribution in [2.24, 2.45) is 0 Å². The van der Waals surface area contributed by atoms with E-state index in [4.69, 9.17) is 16.3 Å². The van der Waals surface area contributed by atoms with Gasteiger partial charge in [0.15, 0.2) is 0 Å². The Kier molecular flexibility index (Phi) is 6.55. The number of nitrogens with one attached hydrogen (secondary N) is 1.